The lowest BCUT2D eigenvalue weighted by Gasteiger charge is -2.35. The number of carbonyl (C=O) groups is 2. The van der Waals surface area contributed by atoms with Crippen LogP contribution in [0.5, 0.6) is 0 Å². The molecule has 220 valence electrons. The molecule has 2 heterocycles. The molecule has 2 fully saturated rings. The van der Waals surface area contributed by atoms with Crippen molar-refractivity contribution in [2.24, 2.45) is 5.92 Å². The summed E-state index contributed by atoms with van der Waals surface area (Å²) in [7, 11) is -3.78. The highest BCUT2D eigenvalue weighted by atomic mass is 32.2. The number of nitrogens with one attached hydrogen (secondary N) is 1. The van der Waals surface area contributed by atoms with E-state index in [1.165, 1.54) is 63.5 Å². The van der Waals surface area contributed by atoms with Crippen LogP contribution in [0.4, 0.5) is 24.5 Å². The normalized spacial score (nSPS) is 17.0. The molecule has 2 saturated heterocycles. The van der Waals surface area contributed by atoms with Crippen molar-refractivity contribution in [1.29, 1.82) is 0 Å². The standard InChI is InChI=1S/C25H33N3O4S.C2HF3O2/c29-25(30)23-19-21(26-33(31,32)22-7-3-1-4-8-22)9-10-24(23)28-17-12-20(13-18-28)11-16-27-14-5-2-6-15-27;3-2(4,5)1(6)7/h1,3-4,7-10,19-20,26H,2,5-6,11-18H2,(H,29,30);(H,6,7). The molecule has 2 aromatic carbocycles. The molecule has 0 aromatic heterocycles. The number of rotatable bonds is 8. The first-order valence-electron chi connectivity index (χ1n) is 13.1. The number of carboxylic acids is 2. The molecule has 0 amide bonds. The largest absolute Gasteiger partial charge is 0.490 e. The molecule has 40 heavy (non-hydrogen) atoms. The molecule has 0 saturated carbocycles. The summed E-state index contributed by atoms with van der Waals surface area (Å²) in [4.78, 5) is 25.7. The Hall–Kier alpha value is -3.32. The Morgan fingerprint density at radius 1 is 0.925 bits per heavy atom. The fourth-order valence-corrected chi connectivity index (χ4v) is 5.94. The number of halogens is 3. The van der Waals surface area contributed by atoms with Crippen molar-refractivity contribution in [3.8, 4) is 0 Å². The maximum Gasteiger partial charge on any atom is 0.490 e. The molecule has 3 N–H and O–H groups in total. The Bertz CT molecular complexity index is 1240. The second-order valence-electron chi connectivity index (χ2n) is 9.88. The minimum atomic E-state index is -5.08. The molecule has 0 spiro atoms. The van der Waals surface area contributed by atoms with Crippen LogP contribution in [0.1, 0.15) is 48.9 Å². The molecule has 13 heteroatoms. The van der Waals surface area contributed by atoms with Gasteiger partial charge >= 0.3 is 18.1 Å². The molecule has 9 nitrogen and oxygen atoms in total. The highest BCUT2D eigenvalue weighted by Crippen LogP contribution is 2.31. The Balaban J connectivity index is 0.000000559. The summed E-state index contributed by atoms with van der Waals surface area (Å²) in [5, 5.41) is 16.9. The quantitative estimate of drug-likeness (QED) is 0.399. The smallest absolute Gasteiger partial charge is 0.478 e. The first-order chi connectivity index (χ1) is 18.9. The van der Waals surface area contributed by atoms with Gasteiger partial charge in [-0.05, 0) is 88.0 Å². The summed E-state index contributed by atoms with van der Waals surface area (Å²) < 4.78 is 59.5. The van der Waals surface area contributed by atoms with Crippen molar-refractivity contribution in [2.45, 2.75) is 49.6 Å². The number of likely N-dealkylation sites (tertiary alicyclic amines) is 1. The Kier molecular flexibility index (Phi) is 10.8. The summed E-state index contributed by atoms with van der Waals surface area (Å²) in [6.45, 7) is 5.25. The molecule has 2 aliphatic rings. The Morgan fingerprint density at radius 2 is 1.52 bits per heavy atom. The van der Waals surface area contributed by atoms with E-state index in [9.17, 15) is 31.5 Å². The molecule has 0 unspecified atom stereocenters. The molecule has 2 aromatic rings. The van der Waals surface area contributed by atoms with E-state index < -0.39 is 28.1 Å². The van der Waals surface area contributed by atoms with Gasteiger partial charge in [-0.3, -0.25) is 4.72 Å². The molecule has 4 rings (SSSR count). The Labute approximate surface area is 231 Å². The number of nitrogens with zero attached hydrogens (tertiary/aromatic N) is 2. The molecule has 0 bridgehead atoms. The number of aliphatic carboxylic acids is 1. The van der Waals surface area contributed by atoms with Gasteiger partial charge in [-0.15, -0.1) is 0 Å². The van der Waals surface area contributed by atoms with Gasteiger partial charge in [0.1, 0.15) is 0 Å². The molecule has 2 aliphatic heterocycles. The van der Waals surface area contributed by atoms with E-state index in [1.54, 1.807) is 30.3 Å². The fraction of sp³-hybridized carbons (Fsp3) is 0.481. The number of hydrogen-bond acceptors (Lipinski definition) is 6. The highest BCUT2D eigenvalue weighted by molar-refractivity contribution is 7.92. The predicted molar refractivity (Wildman–Crippen MR) is 144 cm³/mol. The number of sulfonamides is 1. The monoisotopic (exact) mass is 585 g/mol. The third-order valence-corrected chi connectivity index (χ3v) is 8.43. The number of carboxylic acid groups (broad SMARTS) is 2. The number of aromatic carboxylic acids is 1. The van der Waals surface area contributed by atoms with Crippen LogP contribution in [-0.2, 0) is 14.8 Å². The number of hydrogen-bond donors (Lipinski definition) is 3. The number of alkyl halides is 3. The van der Waals surface area contributed by atoms with Gasteiger partial charge in [-0.25, -0.2) is 18.0 Å². The van der Waals surface area contributed by atoms with E-state index in [2.05, 4.69) is 14.5 Å². The van der Waals surface area contributed by atoms with Gasteiger partial charge < -0.3 is 20.0 Å². The van der Waals surface area contributed by atoms with Gasteiger partial charge in [0.25, 0.3) is 10.0 Å². The molecule has 0 radical (unpaired) electrons. The maximum absolute atomic E-state index is 12.6. The van der Waals surface area contributed by atoms with Crippen molar-refractivity contribution >= 4 is 33.3 Å². The SMILES string of the molecule is O=C(O)C(F)(F)F.O=C(O)c1cc(NS(=O)(=O)c2ccccc2)ccc1N1CCC(CCN2CCCCC2)CC1. The van der Waals surface area contributed by atoms with Crippen LogP contribution < -0.4 is 9.62 Å². The topological polar surface area (TPSA) is 127 Å². The van der Waals surface area contributed by atoms with Crippen molar-refractivity contribution in [3.05, 3.63) is 54.1 Å². The van der Waals surface area contributed by atoms with E-state index >= 15 is 0 Å². The van der Waals surface area contributed by atoms with Gasteiger partial charge in [-0.2, -0.15) is 13.2 Å². The second-order valence-corrected chi connectivity index (χ2v) is 11.6. The summed E-state index contributed by atoms with van der Waals surface area (Å²) >= 11 is 0. The van der Waals surface area contributed by atoms with Crippen LogP contribution >= 0.6 is 0 Å². The van der Waals surface area contributed by atoms with Crippen LogP contribution in [0.15, 0.2) is 53.4 Å². The van der Waals surface area contributed by atoms with Crippen LogP contribution in [0.2, 0.25) is 0 Å². The van der Waals surface area contributed by atoms with Crippen LogP contribution in [0.3, 0.4) is 0 Å². The lowest BCUT2D eigenvalue weighted by Crippen LogP contribution is -2.37. The van der Waals surface area contributed by atoms with Crippen molar-refractivity contribution in [1.82, 2.24) is 4.90 Å². The zero-order valence-corrected chi connectivity index (χ0v) is 22.8. The lowest BCUT2D eigenvalue weighted by molar-refractivity contribution is -0.192. The summed E-state index contributed by atoms with van der Waals surface area (Å²) in [5.74, 6) is -3.14. The van der Waals surface area contributed by atoms with Gasteiger partial charge in [0.2, 0.25) is 0 Å². The summed E-state index contributed by atoms with van der Waals surface area (Å²) in [6.07, 6.45) is 2.21. The van der Waals surface area contributed by atoms with E-state index in [4.69, 9.17) is 9.90 Å². The second kappa shape index (κ2) is 13.8. The van der Waals surface area contributed by atoms with E-state index in [1.807, 2.05) is 0 Å². The minimum absolute atomic E-state index is 0.120. The number of piperidine rings is 2. The summed E-state index contributed by atoms with van der Waals surface area (Å²) in [5.41, 5.74) is 1.02. The minimum Gasteiger partial charge on any atom is -0.478 e. The van der Waals surface area contributed by atoms with Gasteiger partial charge in [-0.1, -0.05) is 24.6 Å². The number of anilines is 2. The first kappa shape index (κ1) is 31.2. The van der Waals surface area contributed by atoms with E-state index in [0.717, 1.165) is 25.9 Å². The van der Waals surface area contributed by atoms with E-state index in [-0.39, 0.29) is 16.1 Å². The highest BCUT2D eigenvalue weighted by Gasteiger charge is 2.38. The van der Waals surface area contributed by atoms with E-state index in [0.29, 0.717) is 11.6 Å². The molecular weight excluding hydrogens is 551 g/mol. The van der Waals surface area contributed by atoms with Gasteiger partial charge in [0, 0.05) is 18.8 Å². The van der Waals surface area contributed by atoms with Crippen LogP contribution in [0, 0.1) is 5.92 Å². The van der Waals surface area contributed by atoms with Crippen LogP contribution in [-0.4, -0.2) is 74.4 Å². The fourth-order valence-electron chi connectivity index (χ4n) is 4.87. The van der Waals surface area contributed by atoms with Crippen molar-refractivity contribution in [2.75, 3.05) is 42.3 Å². The van der Waals surface area contributed by atoms with Crippen molar-refractivity contribution < 1.29 is 41.4 Å². The zero-order chi connectivity index (χ0) is 29.3. The average Bonchev–Trinajstić information content (AvgIpc) is 2.93. The molecule has 0 atom stereocenters. The molecule has 0 aliphatic carbocycles. The first-order valence-corrected chi connectivity index (χ1v) is 14.6. The maximum atomic E-state index is 12.6. The zero-order valence-electron chi connectivity index (χ0n) is 21.9. The van der Waals surface area contributed by atoms with Crippen molar-refractivity contribution in [3.63, 3.8) is 0 Å². The third kappa shape index (κ3) is 9.12. The Morgan fingerprint density at radius 3 is 2.08 bits per heavy atom. The summed E-state index contributed by atoms with van der Waals surface area (Å²) in [6, 6.07) is 12.8. The van der Waals surface area contributed by atoms with Gasteiger partial charge in [0.15, 0.2) is 0 Å². The van der Waals surface area contributed by atoms with Crippen LogP contribution in [0.25, 0.3) is 0 Å². The number of benzene rings is 2. The third-order valence-electron chi connectivity index (χ3n) is 7.03. The predicted octanol–water partition coefficient (Wildman–Crippen LogP) is 4.91. The van der Waals surface area contributed by atoms with Gasteiger partial charge in [0.05, 0.1) is 16.1 Å². The lowest BCUT2D eigenvalue weighted by atomic mass is 9.92. The molecular formula is C27H34F3N3O6S. The average molecular weight is 586 g/mol.